The first-order valence-corrected chi connectivity index (χ1v) is 14.4. The Hall–Kier alpha value is -2.78. The Balaban J connectivity index is 1.72. The van der Waals surface area contributed by atoms with E-state index in [2.05, 4.69) is 5.32 Å². The molecule has 0 radical (unpaired) electrons. The zero-order chi connectivity index (χ0) is 29.5. The normalized spacial score (nSPS) is 22.1. The van der Waals surface area contributed by atoms with E-state index in [-0.39, 0.29) is 44.2 Å². The van der Waals surface area contributed by atoms with Crippen LogP contribution >= 0.6 is 22.6 Å². The number of methoxy groups -OCH3 is 1. The summed E-state index contributed by atoms with van der Waals surface area (Å²) in [4.78, 5) is 28.3. The molecule has 2 amide bonds. The number of carbonyl (C=O) groups excluding carboxylic acids is 2. The number of benzene rings is 2. The van der Waals surface area contributed by atoms with Gasteiger partial charge in [-0.05, 0) is 76.9 Å². The molecule has 1 aliphatic carbocycles. The van der Waals surface area contributed by atoms with Crippen LogP contribution in [0.5, 0.6) is 11.5 Å². The zero-order valence-electron chi connectivity index (χ0n) is 22.6. The van der Waals surface area contributed by atoms with Gasteiger partial charge in [-0.3, -0.25) is 9.59 Å². The molecule has 1 heterocycles. The van der Waals surface area contributed by atoms with Crippen molar-refractivity contribution in [1.29, 1.82) is 0 Å². The molecule has 10 nitrogen and oxygen atoms in total. The minimum atomic E-state index is -1.27. The third-order valence-electron chi connectivity index (χ3n) is 7.09. The summed E-state index contributed by atoms with van der Waals surface area (Å²) in [5.41, 5.74) is 1.51. The van der Waals surface area contributed by atoms with Crippen molar-refractivity contribution >= 4 is 34.4 Å². The molecule has 1 aliphatic heterocycles. The first kappa shape index (κ1) is 31.2. The van der Waals surface area contributed by atoms with Crippen LogP contribution in [-0.2, 0) is 27.5 Å². The maximum Gasteiger partial charge on any atom is 0.252 e. The van der Waals surface area contributed by atoms with E-state index in [9.17, 15) is 29.3 Å². The second-order valence-electron chi connectivity index (χ2n) is 9.88. The zero-order valence-corrected chi connectivity index (χ0v) is 24.8. The summed E-state index contributed by atoms with van der Waals surface area (Å²) in [7, 11) is 1.45. The summed E-state index contributed by atoms with van der Waals surface area (Å²) >= 11 is 2.03. The van der Waals surface area contributed by atoms with Gasteiger partial charge in [0.1, 0.15) is 24.1 Å². The van der Waals surface area contributed by atoms with Crippen LogP contribution in [0, 0.1) is 9.39 Å². The average Bonchev–Trinajstić information content (AvgIpc) is 3.52. The van der Waals surface area contributed by atoms with Crippen molar-refractivity contribution in [2.24, 2.45) is 0 Å². The highest BCUT2D eigenvalue weighted by Gasteiger charge is 2.43. The topological polar surface area (TPSA) is 138 Å². The molecular formula is C29H34FIN2O8. The number of hydrogen-bond donors (Lipinski definition) is 4. The molecule has 12 heteroatoms. The van der Waals surface area contributed by atoms with Gasteiger partial charge in [-0.15, -0.1) is 0 Å². The molecule has 4 rings (SSSR count). The van der Waals surface area contributed by atoms with Crippen molar-refractivity contribution in [2.75, 3.05) is 26.9 Å². The van der Waals surface area contributed by atoms with E-state index < -0.39 is 36.1 Å². The molecule has 2 aromatic rings. The van der Waals surface area contributed by atoms with Gasteiger partial charge < -0.3 is 39.7 Å². The van der Waals surface area contributed by atoms with Gasteiger partial charge in [0.05, 0.1) is 29.9 Å². The summed E-state index contributed by atoms with van der Waals surface area (Å²) in [6, 6.07) is 8.15. The van der Waals surface area contributed by atoms with Gasteiger partial charge in [0, 0.05) is 31.7 Å². The Bertz CT molecular complexity index is 1250. The third-order valence-corrected chi connectivity index (χ3v) is 7.90. The minimum Gasteiger partial charge on any atom is -0.493 e. The number of ether oxygens (including phenoxy) is 3. The molecule has 4 atom stereocenters. The van der Waals surface area contributed by atoms with E-state index in [1.165, 1.54) is 30.2 Å². The lowest BCUT2D eigenvalue weighted by molar-refractivity contribution is -0.149. The van der Waals surface area contributed by atoms with E-state index >= 15 is 0 Å². The smallest absolute Gasteiger partial charge is 0.252 e. The number of hydrogen-bond acceptors (Lipinski definition) is 8. The van der Waals surface area contributed by atoms with Gasteiger partial charge in [-0.2, -0.15) is 0 Å². The summed E-state index contributed by atoms with van der Waals surface area (Å²) in [6.45, 7) is 0.0459. The predicted molar refractivity (Wildman–Crippen MR) is 155 cm³/mol. The number of aliphatic hydroxyl groups is 3. The lowest BCUT2D eigenvalue weighted by Crippen LogP contribution is -2.56. The van der Waals surface area contributed by atoms with Crippen molar-refractivity contribution in [3.8, 4) is 11.5 Å². The van der Waals surface area contributed by atoms with Crippen LogP contribution in [0.3, 0.4) is 0 Å². The molecule has 1 unspecified atom stereocenters. The highest BCUT2D eigenvalue weighted by atomic mass is 127. The van der Waals surface area contributed by atoms with Crippen molar-refractivity contribution < 1.29 is 43.5 Å². The fourth-order valence-corrected chi connectivity index (χ4v) is 5.79. The number of rotatable bonds is 11. The number of nitrogens with one attached hydrogen (secondary N) is 1. The van der Waals surface area contributed by atoms with Crippen LogP contribution in [-0.4, -0.2) is 83.3 Å². The van der Waals surface area contributed by atoms with Gasteiger partial charge >= 0.3 is 0 Å². The van der Waals surface area contributed by atoms with E-state index in [0.717, 1.165) is 6.42 Å². The lowest BCUT2D eigenvalue weighted by Gasteiger charge is -2.41. The monoisotopic (exact) mass is 684 g/mol. The molecule has 1 saturated heterocycles. The predicted octanol–water partition coefficient (Wildman–Crippen LogP) is 2.05. The number of halogens is 2. The molecule has 2 aromatic carbocycles. The van der Waals surface area contributed by atoms with Crippen molar-refractivity contribution in [1.82, 2.24) is 10.2 Å². The van der Waals surface area contributed by atoms with Gasteiger partial charge in [-0.1, -0.05) is 12.1 Å². The molecule has 41 heavy (non-hydrogen) atoms. The molecule has 0 aromatic heterocycles. The van der Waals surface area contributed by atoms with Crippen molar-refractivity contribution in [3.63, 3.8) is 0 Å². The number of amides is 2. The van der Waals surface area contributed by atoms with Crippen LogP contribution in [0.4, 0.5) is 4.39 Å². The summed E-state index contributed by atoms with van der Waals surface area (Å²) < 4.78 is 31.7. The van der Waals surface area contributed by atoms with Crippen molar-refractivity contribution in [2.45, 2.75) is 56.8 Å². The standard InChI is InChI=1S/C29H34FIN2O8/c1-39-25-12-18(16-35)11-21(31)27(25)41-24-14-19(28(37)32-8-9-34)13-22(26(24)36)33(29(38)23-3-2-10-40-23)15-17-4-6-20(30)7-5-17/h4-7,11-12,14,22-24,26,34-36H,2-3,8-10,13,15-16H2,1H3,(H,32,37)/t22-,23?,24+,26+/m1/s1. The van der Waals surface area contributed by atoms with Crippen LogP contribution < -0.4 is 14.8 Å². The molecular weight excluding hydrogens is 650 g/mol. The quantitative estimate of drug-likeness (QED) is 0.264. The number of carbonyl (C=O) groups is 2. The fourth-order valence-electron chi connectivity index (χ4n) is 5.00. The highest BCUT2D eigenvalue weighted by molar-refractivity contribution is 14.1. The maximum atomic E-state index is 13.8. The Morgan fingerprint density at radius 3 is 2.59 bits per heavy atom. The Labute approximate surface area is 251 Å². The Kier molecular flexibility index (Phi) is 10.9. The van der Waals surface area contributed by atoms with E-state index in [0.29, 0.717) is 39.2 Å². The van der Waals surface area contributed by atoms with E-state index in [1.807, 2.05) is 22.6 Å². The maximum absolute atomic E-state index is 13.8. The first-order valence-electron chi connectivity index (χ1n) is 13.3. The summed E-state index contributed by atoms with van der Waals surface area (Å²) in [5.74, 6) is -0.594. The van der Waals surface area contributed by atoms with E-state index in [4.69, 9.17) is 14.2 Å². The van der Waals surface area contributed by atoms with Crippen LogP contribution in [0.25, 0.3) is 0 Å². The second-order valence-corrected chi connectivity index (χ2v) is 11.0. The average molecular weight is 684 g/mol. The molecule has 0 bridgehead atoms. The van der Waals surface area contributed by atoms with Crippen LogP contribution in [0.1, 0.15) is 30.4 Å². The molecule has 1 fully saturated rings. The largest absolute Gasteiger partial charge is 0.493 e. The number of aliphatic hydroxyl groups excluding tert-OH is 3. The summed E-state index contributed by atoms with van der Waals surface area (Å²) in [6.07, 6.45) is -0.283. The van der Waals surface area contributed by atoms with Crippen LogP contribution in [0.2, 0.25) is 0 Å². The van der Waals surface area contributed by atoms with Crippen molar-refractivity contribution in [3.05, 3.63) is 68.6 Å². The Morgan fingerprint density at radius 2 is 1.95 bits per heavy atom. The molecule has 222 valence electrons. The first-order chi connectivity index (χ1) is 19.7. The highest BCUT2D eigenvalue weighted by Crippen LogP contribution is 2.37. The van der Waals surface area contributed by atoms with E-state index in [1.54, 1.807) is 24.3 Å². The second kappa shape index (κ2) is 14.4. The van der Waals surface area contributed by atoms with Gasteiger partial charge in [0.15, 0.2) is 11.5 Å². The van der Waals surface area contributed by atoms with Gasteiger partial charge in [-0.25, -0.2) is 4.39 Å². The number of nitrogens with zero attached hydrogens (tertiary/aromatic N) is 1. The fraction of sp³-hybridized carbons (Fsp3) is 0.448. The molecule has 0 saturated carbocycles. The third kappa shape index (κ3) is 7.55. The van der Waals surface area contributed by atoms with Crippen LogP contribution in [0.15, 0.2) is 48.0 Å². The lowest BCUT2D eigenvalue weighted by atomic mass is 9.87. The molecule has 4 N–H and O–H groups in total. The minimum absolute atomic E-state index is 0.00954. The SMILES string of the molecule is COc1cc(CO)cc(I)c1O[C@H]1C=C(C(=O)NCCO)C[C@@H](N(Cc2ccc(F)cc2)C(=O)C2CCCO2)[C@@H]1O. The molecule has 0 spiro atoms. The van der Waals surface area contributed by atoms with Gasteiger partial charge in [0.2, 0.25) is 5.91 Å². The summed E-state index contributed by atoms with van der Waals surface area (Å²) in [5, 5.41) is 33.1. The van der Waals surface area contributed by atoms with Gasteiger partial charge in [0.25, 0.3) is 5.91 Å². The molecule has 2 aliphatic rings. The Morgan fingerprint density at radius 1 is 1.20 bits per heavy atom.